The Morgan fingerprint density at radius 2 is 2.03 bits per heavy atom. The molecule has 0 saturated heterocycles. The molecule has 5 aromatic heterocycles. The van der Waals surface area contributed by atoms with Crippen LogP contribution in [-0.2, 0) is 12.7 Å². The fourth-order valence-corrected chi connectivity index (χ4v) is 3.34. The maximum atomic E-state index is 12.8. The molecule has 0 N–H and O–H groups in total. The monoisotopic (exact) mass is 430 g/mol. The summed E-state index contributed by atoms with van der Waals surface area (Å²) in [5.41, 5.74) is 3.18. The molecule has 0 aromatic carbocycles. The van der Waals surface area contributed by atoms with Crippen molar-refractivity contribution in [3.63, 3.8) is 0 Å². The van der Waals surface area contributed by atoms with Gasteiger partial charge >= 0.3 is 12.1 Å². The number of alkyl halides is 3. The summed E-state index contributed by atoms with van der Waals surface area (Å²) in [6.45, 7) is 1.63. The van der Waals surface area contributed by atoms with Crippen LogP contribution < -0.4 is 4.74 Å². The Balaban J connectivity index is 1.60. The van der Waals surface area contributed by atoms with Gasteiger partial charge in [-0.2, -0.15) is 23.3 Å². The van der Waals surface area contributed by atoms with Crippen LogP contribution in [0, 0.1) is 6.92 Å². The third kappa shape index (κ3) is 3.14. The second-order valence-electron chi connectivity index (χ2n) is 6.60. The van der Waals surface area contributed by atoms with Crippen molar-refractivity contribution >= 4 is 16.7 Å². The quantitative estimate of drug-likeness (QED) is 0.428. The number of aryl methyl sites for hydroxylation is 1. The average molecular weight is 430 g/mol. The van der Waals surface area contributed by atoms with Crippen molar-refractivity contribution in [3.05, 3.63) is 48.5 Å². The molecule has 0 unspecified atom stereocenters. The lowest BCUT2D eigenvalue weighted by Crippen LogP contribution is -2.05. The first-order valence-electron chi connectivity index (χ1n) is 8.94. The van der Waals surface area contributed by atoms with Crippen LogP contribution in [0.25, 0.3) is 27.8 Å². The van der Waals surface area contributed by atoms with Crippen LogP contribution in [0.2, 0.25) is 0 Å². The van der Waals surface area contributed by atoms with E-state index in [4.69, 9.17) is 9.15 Å². The molecule has 5 heterocycles. The van der Waals surface area contributed by atoms with E-state index in [1.807, 2.05) is 12.1 Å². The number of hydrogen-bond donors (Lipinski definition) is 0. The summed E-state index contributed by atoms with van der Waals surface area (Å²) in [4.78, 5) is 12.9. The summed E-state index contributed by atoms with van der Waals surface area (Å²) < 4.78 is 51.7. The highest BCUT2D eigenvalue weighted by molar-refractivity contribution is 5.87. The number of pyridine rings is 1. The molecule has 0 spiro atoms. The molecule has 0 amide bonds. The van der Waals surface area contributed by atoms with Crippen LogP contribution in [-0.4, -0.2) is 46.4 Å². The predicted molar refractivity (Wildman–Crippen MR) is 99.2 cm³/mol. The highest BCUT2D eigenvalue weighted by Gasteiger charge is 2.38. The number of hydrogen-bond acceptors (Lipinski definition) is 8. The maximum absolute atomic E-state index is 12.8. The summed E-state index contributed by atoms with van der Waals surface area (Å²) in [6, 6.07) is 3.67. The summed E-state index contributed by atoms with van der Waals surface area (Å²) in [5.74, 6) is -0.653. The molecule has 31 heavy (non-hydrogen) atoms. The predicted octanol–water partition coefficient (Wildman–Crippen LogP) is 2.91. The Kier molecular flexibility index (Phi) is 4.13. The molecule has 13 heteroatoms. The summed E-state index contributed by atoms with van der Waals surface area (Å²) in [6.07, 6.45) is 0.0901. The van der Waals surface area contributed by atoms with E-state index >= 15 is 0 Å². The second-order valence-corrected chi connectivity index (χ2v) is 6.60. The fraction of sp³-hybridized carbons (Fsp3) is 0.222. The van der Waals surface area contributed by atoms with Gasteiger partial charge in [0.2, 0.25) is 11.8 Å². The summed E-state index contributed by atoms with van der Waals surface area (Å²) in [7, 11) is 1.51. The van der Waals surface area contributed by atoms with Crippen LogP contribution in [0.4, 0.5) is 13.2 Å². The van der Waals surface area contributed by atoms with Crippen LogP contribution in [0.15, 0.2) is 35.3 Å². The van der Waals surface area contributed by atoms with E-state index in [0.29, 0.717) is 28.4 Å². The van der Waals surface area contributed by atoms with Gasteiger partial charge in [-0.15, -0.1) is 10.2 Å². The first-order chi connectivity index (χ1) is 14.8. The number of methoxy groups -OCH3 is 1. The first-order valence-corrected chi connectivity index (χ1v) is 8.94. The van der Waals surface area contributed by atoms with Crippen molar-refractivity contribution in [2.75, 3.05) is 7.11 Å². The zero-order valence-corrected chi connectivity index (χ0v) is 16.1. The third-order valence-electron chi connectivity index (χ3n) is 4.72. The van der Waals surface area contributed by atoms with E-state index < -0.39 is 12.1 Å². The molecule has 10 nitrogen and oxygen atoms in total. The van der Waals surface area contributed by atoms with E-state index in [9.17, 15) is 13.2 Å². The molecule has 0 aliphatic heterocycles. The Morgan fingerprint density at radius 3 is 2.77 bits per heavy atom. The molecule has 5 aromatic rings. The SMILES string of the molecule is COc1ncnn2ccc(-c3cnc4nc(C)n(Cc5nnc(C(F)(F)F)o5)c4c3)c12. The maximum Gasteiger partial charge on any atom is 0.470 e. The number of fused-ring (bicyclic) bond motifs is 2. The minimum absolute atomic E-state index is 0.0838. The molecule has 0 bridgehead atoms. The van der Waals surface area contributed by atoms with Crippen molar-refractivity contribution in [3.8, 4) is 17.0 Å². The highest BCUT2D eigenvalue weighted by Crippen LogP contribution is 2.32. The Labute approximate surface area is 171 Å². The van der Waals surface area contributed by atoms with Gasteiger partial charge < -0.3 is 13.7 Å². The van der Waals surface area contributed by atoms with Gasteiger partial charge in [0.15, 0.2) is 5.65 Å². The molecule has 0 radical (unpaired) electrons. The standard InChI is InChI=1S/C18H13F3N8O2/c1-9-25-15-12(28(9)7-13-26-27-17(31-13)18(19,20)21)5-10(6-22-15)11-3-4-29-14(11)16(30-2)23-8-24-29/h3-6,8H,7H2,1-2H3. The lowest BCUT2D eigenvalue weighted by atomic mass is 10.1. The summed E-state index contributed by atoms with van der Waals surface area (Å²) in [5, 5.41) is 10.7. The number of imidazole rings is 1. The second kappa shape index (κ2) is 6.75. The molecule has 5 rings (SSSR count). The topological polar surface area (TPSA) is 109 Å². The van der Waals surface area contributed by atoms with E-state index in [1.165, 1.54) is 13.4 Å². The minimum Gasteiger partial charge on any atom is -0.479 e. The van der Waals surface area contributed by atoms with E-state index in [2.05, 4.69) is 30.2 Å². The number of aromatic nitrogens is 8. The van der Waals surface area contributed by atoms with E-state index in [-0.39, 0.29) is 12.4 Å². The smallest absolute Gasteiger partial charge is 0.470 e. The van der Waals surface area contributed by atoms with Crippen LogP contribution in [0.5, 0.6) is 5.88 Å². The van der Waals surface area contributed by atoms with Crippen molar-refractivity contribution in [1.29, 1.82) is 0 Å². The van der Waals surface area contributed by atoms with Crippen molar-refractivity contribution < 1.29 is 22.3 Å². The van der Waals surface area contributed by atoms with Crippen molar-refractivity contribution in [2.45, 2.75) is 19.6 Å². The van der Waals surface area contributed by atoms with Crippen LogP contribution in [0.3, 0.4) is 0 Å². The molecule has 0 aliphatic rings. The molecule has 0 atom stereocenters. The number of halogens is 3. The van der Waals surface area contributed by atoms with Gasteiger partial charge in [0, 0.05) is 23.5 Å². The minimum atomic E-state index is -4.70. The Bertz CT molecular complexity index is 1420. The van der Waals surface area contributed by atoms with Gasteiger partial charge in [-0.05, 0) is 19.1 Å². The van der Waals surface area contributed by atoms with Crippen molar-refractivity contribution in [2.24, 2.45) is 0 Å². The average Bonchev–Trinajstić information content (AvgIpc) is 3.45. The van der Waals surface area contributed by atoms with Crippen LogP contribution >= 0.6 is 0 Å². The molecule has 0 saturated carbocycles. The first kappa shape index (κ1) is 19.0. The lowest BCUT2D eigenvalue weighted by molar-refractivity contribution is -0.157. The third-order valence-corrected chi connectivity index (χ3v) is 4.72. The van der Waals surface area contributed by atoms with Gasteiger partial charge in [-0.25, -0.2) is 14.5 Å². The molecular weight excluding hydrogens is 417 g/mol. The van der Waals surface area contributed by atoms with Gasteiger partial charge in [-0.3, -0.25) is 0 Å². The lowest BCUT2D eigenvalue weighted by Gasteiger charge is -2.06. The molecular formula is C18H13F3N8O2. The van der Waals surface area contributed by atoms with Crippen LogP contribution in [0.1, 0.15) is 17.6 Å². The highest BCUT2D eigenvalue weighted by atomic mass is 19.4. The fourth-order valence-electron chi connectivity index (χ4n) is 3.34. The van der Waals surface area contributed by atoms with Crippen molar-refractivity contribution in [1.82, 2.24) is 39.3 Å². The number of rotatable bonds is 4. The van der Waals surface area contributed by atoms with Gasteiger partial charge in [0.1, 0.15) is 24.2 Å². The van der Waals surface area contributed by atoms with E-state index in [0.717, 1.165) is 11.1 Å². The molecule has 0 fully saturated rings. The normalized spacial score (nSPS) is 12.2. The summed E-state index contributed by atoms with van der Waals surface area (Å²) >= 11 is 0. The zero-order valence-electron chi connectivity index (χ0n) is 16.1. The van der Waals surface area contributed by atoms with E-state index in [1.54, 1.807) is 28.4 Å². The van der Waals surface area contributed by atoms with Gasteiger partial charge in [0.25, 0.3) is 0 Å². The Hall–Kier alpha value is -4.03. The zero-order chi connectivity index (χ0) is 21.8. The largest absolute Gasteiger partial charge is 0.479 e. The molecule has 158 valence electrons. The van der Waals surface area contributed by atoms with Gasteiger partial charge in [0.05, 0.1) is 12.6 Å². The number of nitrogens with zero attached hydrogens (tertiary/aromatic N) is 8. The van der Waals surface area contributed by atoms with Gasteiger partial charge in [-0.1, -0.05) is 0 Å². The molecule has 0 aliphatic carbocycles. The Morgan fingerprint density at radius 1 is 1.19 bits per heavy atom. The number of ether oxygens (including phenoxy) is 1.